The van der Waals surface area contributed by atoms with E-state index in [2.05, 4.69) is 43.5 Å². The zero-order valence-corrected chi connectivity index (χ0v) is 16.2. The predicted molar refractivity (Wildman–Crippen MR) is 99.3 cm³/mol. The number of hydrogen-bond donors (Lipinski definition) is 2. The normalized spacial score (nSPS) is 16.8. The first kappa shape index (κ1) is 24.2. The van der Waals surface area contributed by atoms with Gasteiger partial charge in [-0.1, -0.05) is 13.8 Å². The van der Waals surface area contributed by atoms with Crippen molar-refractivity contribution in [2.24, 2.45) is 11.8 Å². The summed E-state index contributed by atoms with van der Waals surface area (Å²) in [6, 6.07) is 0.442. The van der Waals surface area contributed by atoms with Gasteiger partial charge in [0.2, 0.25) is 5.91 Å². The van der Waals surface area contributed by atoms with Gasteiger partial charge in [-0.25, -0.2) is 0 Å². The number of hydrogen-bond acceptors (Lipinski definition) is 3. The Labute approximate surface area is 149 Å². The van der Waals surface area contributed by atoms with Crippen molar-refractivity contribution < 1.29 is 4.79 Å². The fourth-order valence-electron chi connectivity index (χ4n) is 2.85. The molecule has 0 bridgehead atoms. The molecule has 1 saturated heterocycles. The second-order valence-electron chi connectivity index (χ2n) is 6.78. The summed E-state index contributed by atoms with van der Waals surface area (Å²) in [4.78, 5) is 14.2. The molecule has 0 saturated carbocycles. The lowest BCUT2D eigenvalue weighted by Gasteiger charge is -2.26. The Morgan fingerprint density at radius 2 is 1.82 bits per heavy atom. The first-order valence-corrected chi connectivity index (χ1v) is 8.13. The molecule has 2 N–H and O–H groups in total. The highest BCUT2D eigenvalue weighted by Crippen LogP contribution is 2.17. The maximum Gasteiger partial charge on any atom is 0.220 e. The lowest BCUT2D eigenvalue weighted by Crippen LogP contribution is -2.41. The molecule has 1 rings (SSSR count). The van der Waals surface area contributed by atoms with Crippen LogP contribution in [-0.2, 0) is 4.79 Å². The van der Waals surface area contributed by atoms with Crippen LogP contribution < -0.4 is 10.6 Å². The Morgan fingerprint density at radius 3 is 2.32 bits per heavy atom. The second kappa shape index (κ2) is 13.4. The molecular formula is C16H35Cl2N3O. The Balaban J connectivity index is 0. The van der Waals surface area contributed by atoms with Gasteiger partial charge < -0.3 is 15.5 Å². The number of carbonyl (C=O) groups is 1. The molecule has 0 aliphatic carbocycles. The van der Waals surface area contributed by atoms with Crippen molar-refractivity contribution in [2.75, 3.05) is 33.7 Å². The van der Waals surface area contributed by atoms with Crippen molar-refractivity contribution in [2.45, 2.75) is 52.0 Å². The number of piperidine rings is 1. The average Bonchev–Trinajstić information content (AvgIpc) is 2.41. The van der Waals surface area contributed by atoms with Crippen LogP contribution in [0.2, 0.25) is 0 Å². The smallest absolute Gasteiger partial charge is 0.220 e. The van der Waals surface area contributed by atoms with E-state index < -0.39 is 0 Å². The van der Waals surface area contributed by atoms with Gasteiger partial charge in [-0.15, -0.1) is 24.8 Å². The zero-order valence-electron chi connectivity index (χ0n) is 14.6. The van der Waals surface area contributed by atoms with Crippen molar-refractivity contribution >= 4 is 30.7 Å². The Bertz CT molecular complexity index is 283. The molecule has 1 unspecified atom stereocenters. The van der Waals surface area contributed by atoms with Crippen molar-refractivity contribution in [3.05, 3.63) is 0 Å². The van der Waals surface area contributed by atoms with Crippen molar-refractivity contribution in [1.29, 1.82) is 0 Å². The summed E-state index contributed by atoms with van der Waals surface area (Å²) in [5.74, 6) is 1.62. The average molecular weight is 356 g/mol. The quantitative estimate of drug-likeness (QED) is 0.703. The molecule has 0 aromatic rings. The molecular weight excluding hydrogens is 321 g/mol. The highest BCUT2D eigenvalue weighted by molar-refractivity contribution is 5.85. The van der Waals surface area contributed by atoms with Crippen LogP contribution in [0.15, 0.2) is 0 Å². The molecule has 0 aromatic carbocycles. The number of amides is 1. The maximum atomic E-state index is 12.0. The molecule has 6 heteroatoms. The SMILES string of the molecule is CC(C)CC(CNC(=O)CCC1CCNCC1)N(C)C.Cl.Cl. The first-order valence-electron chi connectivity index (χ1n) is 8.13. The molecule has 1 aliphatic rings. The standard InChI is InChI=1S/C16H33N3O.2ClH/c1-13(2)11-15(19(3)4)12-18-16(20)6-5-14-7-9-17-10-8-14;;/h13-15,17H,5-12H2,1-4H3,(H,18,20);2*1H. The van der Waals surface area contributed by atoms with E-state index in [-0.39, 0.29) is 30.7 Å². The van der Waals surface area contributed by atoms with E-state index in [1.165, 1.54) is 12.8 Å². The zero-order chi connectivity index (χ0) is 15.0. The van der Waals surface area contributed by atoms with E-state index in [1.54, 1.807) is 0 Å². The topological polar surface area (TPSA) is 44.4 Å². The largest absolute Gasteiger partial charge is 0.355 e. The van der Waals surface area contributed by atoms with Gasteiger partial charge in [0.05, 0.1) is 0 Å². The molecule has 134 valence electrons. The molecule has 1 atom stereocenters. The summed E-state index contributed by atoms with van der Waals surface area (Å²) in [6.07, 6.45) is 5.31. The fourth-order valence-corrected chi connectivity index (χ4v) is 2.85. The Kier molecular flexibility index (Phi) is 14.8. The van der Waals surface area contributed by atoms with E-state index in [1.807, 2.05) is 0 Å². The monoisotopic (exact) mass is 355 g/mol. The molecule has 0 radical (unpaired) electrons. The third-order valence-electron chi connectivity index (χ3n) is 4.25. The summed E-state index contributed by atoms with van der Waals surface area (Å²) >= 11 is 0. The number of likely N-dealkylation sites (N-methyl/N-ethyl adjacent to an activating group) is 1. The molecule has 1 aliphatic heterocycles. The minimum absolute atomic E-state index is 0. The number of carbonyl (C=O) groups excluding carboxylic acids is 1. The Morgan fingerprint density at radius 1 is 1.23 bits per heavy atom. The van der Waals surface area contributed by atoms with Gasteiger partial charge in [0.15, 0.2) is 0 Å². The lowest BCUT2D eigenvalue weighted by atomic mass is 9.93. The highest BCUT2D eigenvalue weighted by Gasteiger charge is 2.16. The van der Waals surface area contributed by atoms with Crippen LogP contribution >= 0.6 is 24.8 Å². The van der Waals surface area contributed by atoms with Gasteiger partial charge in [-0.05, 0) is 64.7 Å². The summed E-state index contributed by atoms with van der Waals surface area (Å²) in [5, 5.41) is 6.48. The van der Waals surface area contributed by atoms with Gasteiger partial charge in [0, 0.05) is 19.0 Å². The van der Waals surface area contributed by atoms with Crippen LogP contribution in [-0.4, -0.2) is 50.6 Å². The number of halogens is 2. The molecule has 1 heterocycles. The molecule has 1 amide bonds. The van der Waals surface area contributed by atoms with Gasteiger partial charge in [0.1, 0.15) is 0 Å². The number of nitrogens with one attached hydrogen (secondary N) is 2. The van der Waals surface area contributed by atoms with E-state index in [0.717, 1.165) is 38.4 Å². The van der Waals surface area contributed by atoms with Gasteiger partial charge in [0.25, 0.3) is 0 Å². The van der Waals surface area contributed by atoms with Crippen LogP contribution in [0.5, 0.6) is 0 Å². The lowest BCUT2D eigenvalue weighted by molar-refractivity contribution is -0.121. The van der Waals surface area contributed by atoms with Crippen molar-refractivity contribution in [3.8, 4) is 0 Å². The van der Waals surface area contributed by atoms with E-state index in [4.69, 9.17) is 0 Å². The molecule has 1 fully saturated rings. The molecule has 0 spiro atoms. The van der Waals surface area contributed by atoms with Gasteiger partial charge in [-0.3, -0.25) is 4.79 Å². The maximum absolute atomic E-state index is 12.0. The third kappa shape index (κ3) is 10.7. The minimum atomic E-state index is 0. The predicted octanol–water partition coefficient (Wildman–Crippen LogP) is 2.70. The highest BCUT2D eigenvalue weighted by atomic mass is 35.5. The van der Waals surface area contributed by atoms with E-state index in [0.29, 0.717) is 18.4 Å². The number of nitrogens with zero attached hydrogens (tertiary/aromatic N) is 1. The second-order valence-corrected chi connectivity index (χ2v) is 6.78. The number of rotatable bonds is 8. The fraction of sp³-hybridized carbons (Fsp3) is 0.938. The summed E-state index contributed by atoms with van der Waals surface area (Å²) in [6.45, 7) is 7.47. The summed E-state index contributed by atoms with van der Waals surface area (Å²) in [5.41, 5.74) is 0. The van der Waals surface area contributed by atoms with Crippen LogP contribution in [0.4, 0.5) is 0 Å². The molecule has 0 aromatic heterocycles. The Hall–Kier alpha value is -0.0300. The first-order chi connectivity index (χ1) is 9.49. The minimum Gasteiger partial charge on any atom is -0.355 e. The van der Waals surface area contributed by atoms with E-state index >= 15 is 0 Å². The summed E-state index contributed by atoms with van der Waals surface area (Å²) in [7, 11) is 4.18. The molecule has 4 nitrogen and oxygen atoms in total. The van der Waals surface area contributed by atoms with Gasteiger partial charge in [-0.2, -0.15) is 0 Å². The van der Waals surface area contributed by atoms with Crippen molar-refractivity contribution in [3.63, 3.8) is 0 Å². The van der Waals surface area contributed by atoms with Crippen LogP contribution in [0, 0.1) is 11.8 Å². The van der Waals surface area contributed by atoms with Gasteiger partial charge >= 0.3 is 0 Å². The van der Waals surface area contributed by atoms with Crippen LogP contribution in [0.25, 0.3) is 0 Å². The summed E-state index contributed by atoms with van der Waals surface area (Å²) < 4.78 is 0. The van der Waals surface area contributed by atoms with Crippen LogP contribution in [0.1, 0.15) is 46.0 Å². The molecule has 22 heavy (non-hydrogen) atoms. The van der Waals surface area contributed by atoms with Crippen LogP contribution in [0.3, 0.4) is 0 Å². The van der Waals surface area contributed by atoms with Crippen molar-refractivity contribution in [1.82, 2.24) is 15.5 Å². The van der Waals surface area contributed by atoms with E-state index in [9.17, 15) is 4.79 Å². The third-order valence-corrected chi connectivity index (χ3v) is 4.25.